The zero-order valence-corrected chi connectivity index (χ0v) is 11.9. The topological polar surface area (TPSA) is 39.2 Å². The van der Waals surface area contributed by atoms with Gasteiger partial charge in [0.25, 0.3) is 0 Å². The molecule has 100 valence electrons. The highest BCUT2D eigenvalue weighted by atomic mass is 35.5. The summed E-state index contributed by atoms with van der Waals surface area (Å²) in [4.78, 5) is 16.7. The third-order valence-electron chi connectivity index (χ3n) is 2.43. The van der Waals surface area contributed by atoms with E-state index in [1.165, 1.54) is 23.5 Å². The molecule has 0 atom stereocenters. The molecule has 0 aliphatic carbocycles. The summed E-state index contributed by atoms with van der Waals surface area (Å²) in [6, 6.07) is 4.34. The first-order valence-corrected chi connectivity index (χ1v) is 6.82. The Balaban J connectivity index is 2.38. The molecule has 1 aromatic carbocycles. The van der Waals surface area contributed by atoms with E-state index in [9.17, 15) is 9.18 Å². The van der Waals surface area contributed by atoms with Crippen LogP contribution in [0.15, 0.2) is 18.2 Å². The highest BCUT2D eigenvalue weighted by Crippen LogP contribution is 2.30. The smallest absolute Gasteiger partial charge is 0.358 e. The summed E-state index contributed by atoms with van der Waals surface area (Å²) in [6.45, 7) is 3.83. The molecule has 6 heteroatoms. The molecule has 0 spiro atoms. The number of halogens is 2. The maximum absolute atomic E-state index is 13.1. The van der Waals surface area contributed by atoms with E-state index in [1.54, 1.807) is 19.9 Å². The highest BCUT2D eigenvalue weighted by Gasteiger charge is 2.17. The van der Waals surface area contributed by atoms with Crippen LogP contribution in [0.1, 0.15) is 22.3 Å². The number of hydrogen-bond donors (Lipinski definition) is 0. The number of aryl methyl sites for hydroxylation is 1. The lowest BCUT2D eigenvalue weighted by atomic mass is 10.2. The monoisotopic (exact) mass is 299 g/mol. The van der Waals surface area contributed by atoms with E-state index in [4.69, 9.17) is 16.3 Å². The number of hydrogen-bond acceptors (Lipinski definition) is 4. The molecule has 0 saturated heterocycles. The molecule has 0 saturated carbocycles. The van der Waals surface area contributed by atoms with Crippen LogP contribution >= 0.6 is 22.9 Å². The Morgan fingerprint density at radius 1 is 1.53 bits per heavy atom. The third kappa shape index (κ3) is 2.93. The Morgan fingerprint density at radius 3 is 2.89 bits per heavy atom. The number of aromatic nitrogens is 1. The summed E-state index contributed by atoms with van der Waals surface area (Å²) in [6.07, 6.45) is 0. The molecule has 1 aromatic heterocycles. The van der Waals surface area contributed by atoms with Crippen LogP contribution in [-0.2, 0) is 4.74 Å². The molecule has 0 N–H and O–H groups in total. The summed E-state index contributed by atoms with van der Waals surface area (Å²) < 4.78 is 18.0. The maximum atomic E-state index is 13.1. The molecule has 2 rings (SSSR count). The van der Waals surface area contributed by atoms with Crippen molar-refractivity contribution >= 4 is 28.9 Å². The van der Waals surface area contributed by atoms with Crippen LogP contribution in [0.3, 0.4) is 0 Å². The van der Waals surface area contributed by atoms with Crippen LogP contribution in [0.2, 0.25) is 5.02 Å². The molecule has 0 fully saturated rings. The van der Waals surface area contributed by atoms with Crippen LogP contribution in [0.4, 0.5) is 4.39 Å². The van der Waals surface area contributed by atoms with Gasteiger partial charge in [0.15, 0.2) is 5.69 Å². The SMILES string of the molecule is CCOC(=O)c1nc(-c2ccc(F)c(Cl)c2)sc1C. The van der Waals surface area contributed by atoms with Crippen molar-refractivity contribution in [2.75, 3.05) is 6.61 Å². The molecule has 0 unspecified atom stereocenters. The van der Waals surface area contributed by atoms with Gasteiger partial charge in [-0.3, -0.25) is 0 Å². The second-order valence-corrected chi connectivity index (χ2v) is 5.38. The Bertz CT molecular complexity index is 627. The lowest BCUT2D eigenvalue weighted by Crippen LogP contribution is -2.06. The van der Waals surface area contributed by atoms with Crippen molar-refractivity contribution in [3.63, 3.8) is 0 Å². The number of nitrogens with zero attached hydrogens (tertiary/aromatic N) is 1. The van der Waals surface area contributed by atoms with Gasteiger partial charge >= 0.3 is 5.97 Å². The van der Waals surface area contributed by atoms with Crippen LogP contribution in [0.5, 0.6) is 0 Å². The summed E-state index contributed by atoms with van der Waals surface area (Å²) >= 11 is 7.08. The zero-order valence-electron chi connectivity index (χ0n) is 10.4. The third-order valence-corrected chi connectivity index (χ3v) is 3.74. The van der Waals surface area contributed by atoms with Gasteiger partial charge in [-0.15, -0.1) is 11.3 Å². The lowest BCUT2D eigenvalue weighted by Gasteiger charge is -1.99. The Kier molecular flexibility index (Phi) is 4.17. The van der Waals surface area contributed by atoms with Gasteiger partial charge in [-0.25, -0.2) is 14.2 Å². The van der Waals surface area contributed by atoms with E-state index in [1.807, 2.05) is 0 Å². The number of ether oxygens (including phenoxy) is 1. The first-order chi connectivity index (χ1) is 9.02. The molecular weight excluding hydrogens is 289 g/mol. The van der Waals surface area contributed by atoms with Gasteiger partial charge in [0.2, 0.25) is 0 Å². The lowest BCUT2D eigenvalue weighted by molar-refractivity contribution is 0.0519. The Hall–Kier alpha value is -1.46. The van der Waals surface area contributed by atoms with E-state index in [2.05, 4.69) is 4.98 Å². The maximum Gasteiger partial charge on any atom is 0.358 e. The Labute approximate surface area is 119 Å². The average Bonchev–Trinajstić information content (AvgIpc) is 2.75. The van der Waals surface area contributed by atoms with Crippen molar-refractivity contribution in [2.45, 2.75) is 13.8 Å². The standard InChI is InChI=1S/C13H11ClFNO2S/c1-3-18-13(17)11-7(2)19-12(16-11)8-4-5-10(15)9(14)6-8/h4-6H,3H2,1-2H3. The van der Waals surface area contributed by atoms with Crippen molar-refractivity contribution < 1.29 is 13.9 Å². The minimum Gasteiger partial charge on any atom is -0.461 e. The van der Waals surface area contributed by atoms with E-state index < -0.39 is 11.8 Å². The molecule has 19 heavy (non-hydrogen) atoms. The largest absolute Gasteiger partial charge is 0.461 e. The number of carbonyl (C=O) groups is 1. The van der Waals surface area contributed by atoms with Crippen LogP contribution in [0, 0.1) is 12.7 Å². The van der Waals surface area contributed by atoms with Gasteiger partial charge in [-0.1, -0.05) is 11.6 Å². The number of esters is 1. The highest BCUT2D eigenvalue weighted by molar-refractivity contribution is 7.15. The summed E-state index contributed by atoms with van der Waals surface area (Å²) in [5.41, 5.74) is 0.970. The fraction of sp³-hybridized carbons (Fsp3) is 0.231. The first-order valence-electron chi connectivity index (χ1n) is 5.63. The number of carbonyl (C=O) groups excluding carboxylic acids is 1. The van der Waals surface area contributed by atoms with Gasteiger partial charge in [-0.2, -0.15) is 0 Å². The predicted molar refractivity (Wildman–Crippen MR) is 73.2 cm³/mol. The second kappa shape index (κ2) is 5.67. The van der Waals surface area contributed by atoms with Gasteiger partial charge < -0.3 is 4.74 Å². The predicted octanol–water partition coefficient (Wildman–Crippen LogP) is 4.09. The molecule has 0 aliphatic rings. The van der Waals surface area contributed by atoms with Crippen molar-refractivity contribution in [3.05, 3.63) is 39.6 Å². The molecule has 3 nitrogen and oxygen atoms in total. The quantitative estimate of drug-likeness (QED) is 0.801. The fourth-order valence-electron chi connectivity index (χ4n) is 1.54. The van der Waals surface area contributed by atoms with Gasteiger partial charge in [0, 0.05) is 10.4 Å². The van der Waals surface area contributed by atoms with E-state index in [0.29, 0.717) is 22.9 Å². The summed E-state index contributed by atoms with van der Waals surface area (Å²) in [5.74, 6) is -0.931. The van der Waals surface area contributed by atoms with Crippen LogP contribution in [0.25, 0.3) is 10.6 Å². The van der Waals surface area contributed by atoms with E-state index >= 15 is 0 Å². The molecule has 0 amide bonds. The zero-order chi connectivity index (χ0) is 14.0. The number of rotatable bonds is 3. The molecular formula is C13H11ClFNO2S. The van der Waals surface area contributed by atoms with Crippen molar-refractivity contribution in [2.24, 2.45) is 0 Å². The number of thiazole rings is 1. The molecule has 1 heterocycles. The van der Waals surface area contributed by atoms with Gasteiger partial charge in [0.1, 0.15) is 10.8 Å². The normalized spacial score (nSPS) is 10.5. The molecule has 0 radical (unpaired) electrons. The Morgan fingerprint density at radius 2 is 2.26 bits per heavy atom. The van der Waals surface area contributed by atoms with Crippen molar-refractivity contribution in [3.8, 4) is 10.6 Å². The summed E-state index contributed by atoms with van der Waals surface area (Å²) in [7, 11) is 0. The molecule has 2 aromatic rings. The molecule has 0 aliphatic heterocycles. The molecule has 0 bridgehead atoms. The van der Waals surface area contributed by atoms with Crippen LogP contribution < -0.4 is 0 Å². The van der Waals surface area contributed by atoms with Crippen molar-refractivity contribution in [1.29, 1.82) is 0 Å². The van der Waals surface area contributed by atoms with Crippen molar-refractivity contribution in [1.82, 2.24) is 4.98 Å². The van der Waals surface area contributed by atoms with E-state index in [-0.39, 0.29) is 5.02 Å². The average molecular weight is 300 g/mol. The fourth-order valence-corrected chi connectivity index (χ4v) is 2.62. The van der Waals surface area contributed by atoms with Gasteiger partial charge in [0.05, 0.1) is 11.6 Å². The first kappa shape index (κ1) is 14.0. The minimum atomic E-state index is -0.482. The number of benzene rings is 1. The van der Waals surface area contributed by atoms with Gasteiger partial charge in [-0.05, 0) is 32.0 Å². The van der Waals surface area contributed by atoms with Crippen LogP contribution in [-0.4, -0.2) is 17.6 Å². The second-order valence-electron chi connectivity index (χ2n) is 3.77. The van der Waals surface area contributed by atoms with E-state index in [0.717, 1.165) is 4.88 Å². The summed E-state index contributed by atoms with van der Waals surface area (Å²) in [5, 5.41) is 0.644. The minimum absolute atomic E-state index is 0.0306.